The van der Waals surface area contributed by atoms with Crippen molar-refractivity contribution in [3.63, 3.8) is 0 Å². The van der Waals surface area contributed by atoms with Gasteiger partial charge < -0.3 is 14.4 Å². The van der Waals surface area contributed by atoms with Gasteiger partial charge in [0.15, 0.2) is 11.6 Å². The summed E-state index contributed by atoms with van der Waals surface area (Å²) in [5.74, 6) is -1.18. The van der Waals surface area contributed by atoms with E-state index in [4.69, 9.17) is 16.3 Å². The number of phenols is 1. The van der Waals surface area contributed by atoms with Gasteiger partial charge in [-0.3, -0.25) is 4.72 Å². The van der Waals surface area contributed by atoms with Crippen molar-refractivity contribution in [3.05, 3.63) is 33.6 Å². The highest BCUT2D eigenvalue weighted by molar-refractivity contribution is 9.10. The van der Waals surface area contributed by atoms with Gasteiger partial charge >= 0.3 is 5.97 Å². The number of carbonyl (C=O) groups excluding carboxylic acids is 1. The van der Waals surface area contributed by atoms with E-state index in [1.807, 2.05) is 0 Å². The Morgan fingerprint density at radius 3 is 2.75 bits per heavy atom. The summed E-state index contributed by atoms with van der Waals surface area (Å²) in [4.78, 5) is 16.0. The van der Waals surface area contributed by atoms with E-state index in [9.17, 15) is 18.3 Å². The molecule has 0 amide bonds. The number of benzene rings is 1. The largest absolute Gasteiger partial charge is 0.505 e. The third-order valence-electron chi connectivity index (χ3n) is 4.43. The average molecular weight is 493 g/mol. The highest BCUT2D eigenvalue weighted by Gasteiger charge is 2.28. The maximum absolute atomic E-state index is 12.7. The van der Waals surface area contributed by atoms with Crippen molar-refractivity contribution < 1.29 is 23.1 Å². The summed E-state index contributed by atoms with van der Waals surface area (Å²) in [7, 11) is -4.20. The number of imidazole rings is 1. The van der Waals surface area contributed by atoms with E-state index in [1.54, 1.807) is 11.5 Å². The highest BCUT2D eigenvalue weighted by atomic mass is 79.9. The monoisotopic (exact) mass is 491 g/mol. The molecule has 1 heterocycles. The zero-order valence-electron chi connectivity index (χ0n) is 15.0. The number of phenolic OH excluding ortho intramolecular Hbond substituents is 1. The summed E-state index contributed by atoms with van der Waals surface area (Å²) in [6.07, 6.45) is 5.28. The second kappa shape index (κ2) is 8.30. The van der Waals surface area contributed by atoms with E-state index >= 15 is 0 Å². The summed E-state index contributed by atoms with van der Waals surface area (Å²) >= 11 is 9.02. The van der Waals surface area contributed by atoms with Crippen LogP contribution in [0.5, 0.6) is 5.75 Å². The Morgan fingerprint density at radius 1 is 1.43 bits per heavy atom. The molecule has 0 bridgehead atoms. The average Bonchev–Trinajstić information content (AvgIpc) is 3.27. The van der Waals surface area contributed by atoms with Crippen molar-refractivity contribution in [3.8, 4) is 5.75 Å². The molecule has 0 unspecified atom stereocenters. The first kappa shape index (κ1) is 20.9. The van der Waals surface area contributed by atoms with Gasteiger partial charge in [-0.2, -0.15) is 0 Å². The zero-order chi connectivity index (χ0) is 20.5. The van der Waals surface area contributed by atoms with Gasteiger partial charge in [0.25, 0.3) is 10.0 Å². The summed E-state index contributed by atoms with van der Waals surface area (Å²) < 4.78 is 34.9. The number of hydrogen-bond donors (Lipinski definition) is 2. The number of anilines is 1. The van der Waals surface area contributed by atoms with E-state index < -0.39 is 26.6 Å². The molecule has 1 aromatic heterocycles. The molecular weight excluding hydrogens is 474 g/mol. The molecule has 0 spiro atoms. The third kappa shape index (κ3) is 4.28. The van der Waals surface area contributed by atoms with Crippen LogP contribution in [-0.4, -0.2) is 35.7 Å². The lowest BCUT2D eigenvalue weighted by Crippen LogP contribution is -2.16. The number of nitrogens with one attached hydrogen (secondary N) is 1. The molecule has 3 rings (SSSR count). The van der Waals surface area contributed by atoms with E-state index in [0.29, 0.717) is 4.47 Å². The smallest absolute Gasteiger partial charge is 0.374 e. The topological polar surface area (TPSA) is 111 Å². The molecule has 0 radical (unpaired) electrons. The van der Waals surface area contributed by atoms with Gasteiger partial charge in [-0.1, -0.05) is 40.4 Å². The maximum atomic E-state index is 12.7. The first-order valence-electron chi connectivity index (χ1n) is 8.69. The minimum absolute atomic E-state index is 0.0366. The van der Waals surface area contributed by atoms with Crippen molar-refractivity contribution in [2.24, 2.45) is 0 Å². The number of esters is 1. The molecule has 2 N–H and O–H groups in total. The van der Waals surface area contributed by atoms with Gasteiger partial charge in [0.05, 0.1) is 11.6 Å². The molecule has 28 heavy (non-hydrogen) atoms. The number of sulfonamides is 1. The van der Waals surface area contributed by atoms with Crippen LogP contribution < -0.4 is 4.72 Å². The molecular formula is C17H19BrClN3O5S. The molecule has 1 fully saturated rings. The lowest BCUT2D eigenvalue weighted by atomic mass is 10.2. The summed E-state index contributed by atoms with van der Waals surface area (Å²) in [5.41, 5.74) is 0. The van der Waals surface area contributed by atoms with Gasteiger partial charge in [-0.05, 0) is 31.9 Å². The Morgan fingerprint density at radius 2 is 2.11 bits per heavy atom. The predicted octanol–water partition coefficient (Wildman–Crippen LogP) is 4.10. The van der Waals surface area contributed by atoms with Gasteiger partial charge in [0, 0.05) is 16.7 Å². The Kier molecular flexibility index (Phi) is 6.21. The quantitative estimate of drug-likeness (QED) is 0.588. The van der Waals surface area contributed by atoms with E-state index in [0.717, 1.165) is 25.7 Å². The standard InChI is InChI=1S/C17H19BrClN3O5S/c1-2-27-17(24)16-20-14(9-22(16)11-5-3-4-6-11)21-28(25,26)13-8-10(18)7-12(19)15(13)23/h7-9,11,21,23H,2-6H2,1H3. The van der Waals surface area contributed by atoms with Crippen molar-refractivity contribution in [1.29, 1.82) is 0 Å². The molecule has 152 valence electrons. The molecule has 2 aromatic rings. The maximum Gasteiger partial charge on any atom is 0.374 e. The Hall–Kier alpha value is -1.78. The lowest BCUT2D eigenvalue weighted by Gasteiger charge is -2.13. The molecule has 0 aliphatic heterocycles. The number of rotatable bonds is 6. The molecule has 11 heteroatoms. The first-order valence-corrected chi connectivity index (χ1v) is 11.3. The van der Waals surface area contributed by atoms with Gasteiger partial charge in [0.1, 0.15) is 4.90 Å². The van der Waals surface area contributed by atoms with Crippen molar-refractivity contribution in [2.45, 2.75) is 43.5 Å². The van der Waals surface area contributed by atoms with Crippen LogP contribution in [0.1, 0.15) is 49.3 Å². The van der Waals surface area contributed by atoms with E-state index in [2.05, 4.69) is 25.6 Å². The third-order valence-corrected chi connectivity index (χ3v) is 6.54. The van der Waals surface area contributed by atoms with Crippen LogP contribution in [0.2, 0.25) is 5.02 Å². The van der Waals surface area contributed by atoms with Crippen LogP contribution in [0, 0.1) is 0 Å². The normalized spacial score (nSPS) is 15.0. The first-order chi connectivity index (χ1) is 13.2. The van der Waals surface area contributed by atoms with Crippen LogP contribution in [0.15, 0.2) is 27.7 Å². The minimum Gasteiger partial charge on any atom is -0.505 e. The number of aromatic hydroxyl groups is 1. The van der Waals surface area contributed by atoms with Crippen LogP contribution in [0.25, 0.3) is 0 Å². The van der Waals surface area contributed by atoms with E-state index in [1.165, 1.54) is 18.3 Å². The number of aromatic nitrogens is 2. The van der Waals surface area contributed by atoms with Gasteiger partial charge in [0.2, 0.25) is 5.82 Å². The number of hydrogen-bond acceptors (Lipinski definition) is 6. The molecule has 1 saturated carbocycles. The van der Waals surface area contributed by atoms with Crippen LogP contribution >= 0.6 is 27.5 Å². The van der Waals surface area contributed by atoms with Crippen molar-refractivity contribution >= 4 is 49.3 Å². The molecule has 1 aliphatic rings. The fourth-order valence-electron chi connectivity index (χ4n) is 3.19. The minimum atomic E-state index is -4.20. The van der Waals surface area contributed by atoms with Gasteiger partial charge in [-0.25, -0.2) is 18.2 Å². The SMILES string of the molecule is CCOC(=O)c1nc(NS(=O)(=O)c2cc(Br)cc(Cl)c2O)cn1C1CCCC1. The molecule has 1 aliphatic carbocycles. The summed E-state index contributed by atoms with van der Waals surface area (Å²) in [6.45, 7) is 1.87. The lowest BCUT2D eigenvalue weighted by molar-refractivity contribution is 0.0503. The van der Waals surface area contributed by atoms with Crippen LogP contribution in [0.3, 0.4) is 0 Å². The second-order valence-corrected chi connectivity index (χ2v) is 9.33. The Labute approximate surface area is 176 Å². The summed E-state index contributed by atoms with van der Waals surface area (Å²) in [5, 5.41) is 9.94. The van der Waals surface area contributed by atoms with Crippen molar-refractivity contribution in [1.82, 2.24) is 9.55 Å². The number of carbonyl (C=O) groups is 1. The van der Waals surface area contributed by atoms with Gasteiger partial charge in [-0.15, -0.1) is 0 Å². The molecule has 0 saturated heterocycles. The fraction of sp³-hybridized carbons (Fsp3) is 0.412. The van der Waals surface area contributed by atoms with Crippen LogP contribution in [0.4, 0.5) is 5.82 Å². The number of ether oxygens (including phenoxy) is 1. The number of nitrogens with zero attached hydrogens (tertiary/aromatic N) is 2. The zero-order valence-corrected chi connectivity index (χ0v) is 18.1. The second-order valence-electron chi connectivity index (χ2n) is 6.36. The number of halogens is 2. The van der Waals surface area contributed by atoms with Crippen molar-refractivity contribution in [2.75, 3.05) is 11.3 Å². The fourth-order valence-corrected chi connectivity index (χ4v) is 5.34. The molecule has 1 aromatic carbocycles. The highest BCUT2D eigenvalue weighted by Crippen LogP contribution is 2.36. The van der Waals surface area contributed by atoms with E-state index in [-0.39, 0.29) is 29.3 Å². The molecule has 0 atom stereocenters. The molecule has 8 nitrogen and oxygen atoms in total. The predicted molar refractivity (Wildman–Crippen MR) is 107 cm³/mol. The van der Waals surface area contributed by atoms with Crippen LogP contribution in [-0.2, 0) is 14.8 Å². The summed E-state index contributed by atoms with van der Waals surface area (Å²) in [6, 6.07) is 2.66. The Balaban J connectivity index is 1.98. The Bertz CT molecular complexity index is 1000.